The van der Waals surface area contributed by atoms with Crippen LogP contribution in [-0.4, -0.2) is 70.4 Å². The number of fused-ring (bicyclic) bond motifs is 2. The second-order valence-electron chi connectivity index (χ2n) is 8.73. The van der Waals surface area contributed by atoms with Crippen molar-refractivity contribution in [3.63, 3.8) is 0 Å². The van der Waals surface area contributed by atoms with E-state index >= 15 is 0 Å². The molecule has 1 unspecified atom stereocenters. The average molecular weight is 547 g/mol. The van der Waals surface area contributed by atoms with Gasteiger partial charge >= 0.3 is 12.1 Å². The average Bonchev–Trinajstić information content (AvgIpc) is 3.33. The lowest BCUT2D eigenvalue weighted by molar-refractivity contribution is -0.192. The molecule has 3 heterocycles. The molecule has 1 atom stereocenters. The number of rotatable bonds is 6. The molecule has 2 aliphatic heterocycles. The molecule has 1 saturated heterocycles. The van der Waals surface area contributed by atoms with Crippen LogP contribution in [0.2, 0.25) is 0 Å². The van der Waals surface area contributed by atoms with Crippen molar-refractivity contribution in [3.8, 4) is 0 Å². The first-order valence-electron chi connectivity index (χ1n) is 11.7. The number of alkyl halides is 3. The highest BCUT2D eigenvalue weighted by Gasteiger charge is 2.48. The van der Waals surface area contributed by atoms with Crippen LogP contribution >= 0.6 is 0 Å². The van der Waals surface area contributed by atoms with Crippen molar-refractivity contribution in [2.45, 2.75) is 57.0 Å². The minimum Gasteiger partial charge on any atom is -0.475 e. The first-order chi connectivity index (χ1) is 17.4. The van der Waals surface area contributed by atoms with E-state index in [1.54, 1.807) is 10.5 Å². The van der Waals surface area contributed by atoms with E-state index in [1.165, 1.54) is 0 Å². The molecule has 2 N–H and O–H groups in total. The van der Waals surface area contributed by atoms with Crippen LogP contribution in [0.15, 0.2) is 42.7 Å². The summed E-state index contributed by atoms with van der Waals surface area (Å²) in [4.78, 5) is 26.3. The fraction of sp³-hybridized carbons (Fsp3) is 0.522. The summed E-state index contributed by atoms with van der Waals surface area (Å²) in [5, 5.41) is 10.0. The number of aliphatic carboxylic acids is 1. The second kappa shape index (κ2) is 11.6. The van der Waals surface area contributed by atoms with Gasteiger partial charge in [-0.2, -0.15) is 13.2 Å². The van der Waals surface area contributed by atoms with Gasteiger partial charge in [0.15, 0.2) is 6.10 Å². The van der Waals surface area contributed by atoms with E-state index < -0.39 is 33.9 Å². The molecule has 1 amide bonds. The molecule has 0 bridgehead atoms. The van der Waals surface area contributed by atoms with Crippen molar-refractivity contribution in [1.82, 2.24) is 13.9 Å². The quantitative estimate of drug-likeness (QED) is 0.570. The number of carboxylic acids is 1. The standard InChI is InChI=1S/C21H28N4O4S.C2HF3O2/c1-2-3-15-30(27,28)25-12-9-21(10-13-25)20-22-11-14-24(20)16-18(29-21)19(26)23-17-7-5-4-6-8-17;3-2(4,5)1(6)7/h4-8,11,14,18H,2-3,9-10,12-13,15-16H2,1H3,(H,23,26);(H,6,7). The Bertz CT molecular complexity index is 1180. The van der Waals surface area contributed by atoms with Crippen molar-refractivity contribution in [2.24, 2.45) is 0 Å². The zero-order valence-electron chi connectivity index (χ0n) is 20.1. The number of carbonyl (C=O) groups is 2. The summed E-state index contributed by atoms with van der Waals surface area (Å²) in [6.45, 7) is 3.10. The topological polar surface area (TPSA) is 131 Å². The first-order valence-corrected chi connectivity index (χ1v) is 13.3. The van der Waals surface area contributed by atoms with Crippen molar-refractivity contribution >= 4 is 27.6 Å². The minimum absolute atomic E-state index is 0.175. The Balaban J connectivity index is 0.000000479. The van der Waals surface area contributed by atoms with Crippen LogP contribution in [0.1, 0.15) is 38.4 Å². The molecule has 14 heteroatoms. The Morgan fingerprint density at radius 2 is 1.84 bits per heavy atom. The number of nitrogens with zero attached hydrogens (tertiary/aromatic N) is 3. The number of anilines is 1. The summed E-state index contributed by atoms with van der Waals surface area (Å²) in [7, 11) is -3.26. The molecule has 1 aromatic heterocycles. The number of imidazole rings is 1. The number of halogens is 3. The molecular weight excluding hydrogens is 517 g/mol. The van der Waals surface area contributed by atoms with Crippen molar-refractivity contribution < 1.29 is 41.0 Å². The maximum absolute atomic E-state index is 12.9. The van der Waals surface area contributed by atoms with Crippen LogP contribution in [0.4, 0.5) is 18.9 Å². The molecule has 10 nitrogen and oxygen atoms in total. The van der Waals surface area contributed by atoms with Gasteiger partial charge in [-0.1, -0.05) is 31.5 Å². The van der Waals surface area contributed by atoms with Crippen LogP contribution in [-0.2, 0) is 36.5 Å². The third-order valence-corrected chi connectivity index (χ3v) is 8.07. The number of nitrogens with one attached hydrogen (secondary N) is 1. The molecule has 0 saturated carbocycles. The predicted molar refractivity (Wildman–Crippen MR) is 127 cm³/mol. The van der Waals surface area contributed by atoms with E-state index in [1.807, 2.05) is 48.0 Å². The largest absolute Gasteiger partial charge is 0.490 e. The summed E-state index contributed by atoms with van der Waals surface area (Å²) in [6.07, 6.45) is 0.266. The SMILES string of the molecule is CCCCS(=O)(=O)N1CCC2(CC1)OC(C(=O)Nc1ccccc1)Cn1ccnc12.O=C(O)C(F)(F)F. The summed E-state index contributed by atoms with van der Waals surface area (Å²) >= 11 is 0. The predicted octanol–water partition coefficient (Wildman–Crippen LogP) is 2.97. The van der Waals surface area contributed by atoms with E-state index in [2.05, 4.69) is 10.3 Å². The molecule has 0 radical (unpaired) electrons. The molecule has 0 aliphatic carbocycles. The number of ether oxygens (including phenoxy) is 1. The number of piperidine rings is 1. The normalized spacial score (nSPS) is 19.4. The minimum atomic E-state index is -5.08. The maximum Gasteiger partial charge on any atom is 0.490 e. The van der Waals surface area contributed by atoms with Crippen LogP contribution in [0.5, 0.6) is 0 Å². The van der Waals surface area contributed by atoms with Gasteiger partial charge in [-0.05, 0) is 31.4 Å². The second-order valence-corrected chi connectivity index (χ2v) is 10.8. The highest BCUT2D eigenvalue weighted by Crippen LogP contribution is 2.40. The van der Waals surface area contributed by atoms with Gasteiger partial charge in [-0.25, -0.2) is 22.5 Å². The fourth-order valence-corrected chi connectivity index (χ4v) is 5.85. The van der Waals surface area contributed by atoms with Crippen molar-refractivity contribution in [3.05, 3.63) is 48.5 Å². The Kier molecular flexibility index (Phi) is 8.97. The van der Waals surface area contributed by atoms with E-state index in [4.69, 9.17) is 14.6 Å². The van der Waals surface area contributed by atoms with Gasteiger partial charge in [0.1, 0.15) is 11.4 Å². The maximum atomic E-state index is 12.9. The Labute approximate surface area is 212 Å². The lowest BCUT2D eigenvalue weighted by Crippen LogP contribution is -2.54. The number of unbranched alkanes of at least 4 members (excludes halogenated alkanes) is 1. The Morgan fingerprint density at radius 1 is 1.22 bits per heavy atom. The van der Waals surface area contributed by atoms with Gasteiger partial charge in [0.2, 0.25) is 10.0 Å². The van der Waals surface area contributed by atoms with E-state index in [-0.39, 0.29) is 11.7 Å². The third-order valence-electron chi connectivity index (χ3n) is 6.11. The molecule has 2 aliphatic rings. The van der Waals surface area contributed by atoms with Crippen LogP contribution in [0.25, 0.3) is 0 Å². The van der Waals surface area contributed by atoms with E-state index in [0.717, 1.165) is 12.2 Å². The summed E-state index contributed by atoms with van der Waals surface area (Å²) in [5.41, 5.74) is -0.0366. The monoisotopic (exact) mass is 546 g/mol. The molecule has 37 heavy (non-hydrogen) atoms. The number of hydrogen-bond donors (Lipinski definition) is 2. The molecule has 2 aromatic rings. The molecule has 1 spiro atoms. The smallest absolute Gasteiger partial charge is 0.475 e. The number of carboxylic acid groups (broad SMARTS) is 1. The van der Waals surface area contributed by atoms with Gasteiger partial charge in [-0.15, -0.1) is 0 Å². The number of hydrogen-bond acceptors (Lipinski definition) is 6. The first kappa shape index (κ1) is 28.6. The number of benzene rings is 1. The Hall–Kier alpha value is -2.97. The molecule has 4 rings (SSSR count). The number of para-hydroxylation sites is 1. The number of sulfonamides is 1. The molecule has 1 aromatic carbocycles. The molecular formula is C23H29F3N4O6S. The fourth-order valence-electron chi connectivity index (χ4n) is 4.20. The van der Waals surface area contributed by atoms with Crippen LogP contribution in [0.3, 0.4) is 0 Å². The van der Waals surface area contributed by atoms with E-state index in [9.17, 15) is 26.4 Å². The Morgan fingerprint density at radius 3 is 2.41 bits per heavy atom. The van der Waals surface area contributed by atoms with Gasteiger partial charge in [0.25, 0.3) is 5.91 Å². The zero-order chi connectivity index (χ0) is 27.3. The van der Waals surface area contributed by atoms with Crippen molar-refractivity contribution in [2.75, 3.05) is 24.2 Å². The third kappa shape index (κ3) is 7.08. The van der Waals surface area contributed by atoms with Crippen molar-refractivity contribution in [1.29, 1.82) is 0 Å². The number of carbonyl (C=O) groups excluding carboxylic acids is 1. The van der Waals surface area contributed by atoms with Gasteiger partial charge in [0.05, 0.1) is 12.3 Å². The summed E-state index contributed by atoms with van der Waals surface area (Å²) in [5.74, 6) is -2.02. The molecule has 204 valence electrons. The van der Waals surface area contributed by atoms with Crippen LogP contribution < -0.4 is 5.32 Å². The summed E-state index contributed by atoms with van der Waals surface area (Å²) < 4.78 is 66.8. The lowest BCUT2D eigenvalue weighted by atomic mass is 9.89. The molecule has 1 fully saturated rings. The highest BCUT2D eigenvalue weighted by molar-refractivity contribution is 7.89. The van der Waals surface area contributed by atoms with Gasteiger partial charge in [0, 0.05) is 31.2 Å². The lowest BCUT2D eigenvalue weighted by Gasteiger charge is -2.45. The number of aromatic nitrogens is 2. The van der Waals surface area contributed by atoms with Gasteiger partial charge < -0.3 is 19.7 Å². The van der Waals surface area contributed by atoms with Gasteiger partial charge in [-0.3, -0.25) is 4.79 Å². The van der Waals surface area contributed by atoms with E-state index in [0.29, 0.717) is 44.6 Å². The number of amides is 1. The zero-order valence-corrected chi connectivity index (χ0v) is 21.0. The summed E-state index contributed by atoms with van der Waals surface area (Å²) in [6, 6.07) is 9.28. The van der Waals surface area contributed by atoms with Crippen LogP contribution in [0, 0.1) is 0 Å². The highest BCUT2D eigenvalue weighted by atomic mass is 32.2.